The van der Waals surface area contributed by atoms with Gasteiger partial charge in [0.15, 0.2) is 0 Å². The molecular formula is C12H27NO. The molecule has 0 saturated heterocycles. The number of aliphatic hydroxyl groups is 1. The maximum Gasteiger partial charge on any atom is 0.0715 e. The Hall–Kier alpha value is -0.0800. The van der Waals surface area contributed by atoms with Gasteiger partial charge >= 0.3 is 0 Å². The summed E-state index contributed by atoms with van der Waals surface area (Å²) in [6, 6.07) is 0.567. The van der Waals surface area contributed by atoms with Gasteiger partial charge in [0.05, 0.1) is 6.10 Å². The van der Waals surface area contributed by atoms with E-state index in [9.17, 15) is 5.11 Å². The van der Waals surface area contributed by atoms with Crippen LogP contribution in [0.2, 0.25) is 0 Å². The van der Waals surface area contributed by atoms with Crippen LogP contribution in [0.15, 0.2) is 0 Å². The molecule has 0 heterocycles. The molecule has 0 aliphatic rings. The molecule has 0 amide bonds. The largest absolute Gasteiger partial charge is 0.391 e. The predicted octanol–water partition coefficient (Wildman–Crippen LogP) is 2.51. The van der Waals surface area contributed by atoms with Gasteiger partial charge in [-0.05, 0) is 25.3 Å². The van der Waals surface area contributed by atoms with Crippen LogP contribution in [0.4, 0.5) is 0 Å². The van der Waals surface area contributed by atoms with E-state index in [0.717, 1.165) is 19.5 Å². The highest BCUT2D eigenvalue weighted by Gasteiger charge is 2.25. The smallest absolute Gasteiger partial charge is 0.0715 e. The van der Waals surface area contributed by atoms with E-state index in [-0.39, 0.29) is 11.5 Å². The summed E-state index contributed by atoms with van der Waals surface area (Å²) in [6.07, 6.45) is 0.904. The van der Waals surface area contributed by atoms with E-state index >= 15 is 0 Å². The molecule has 0 aromatic rings. The van der Waals surface area contributed by atoms with Gasteiger partial charge < -0.3 is 5.11 Å². The fraction of sp³-hybridized carbons (Fsp3) is 1.00. The van der Waals surface area contributed by atoms with Crippen molar-refractivity contribution in [3.05, 3.63) is 0 Å². The van der Waals surface area contributed by atoms with Crippen LogP contribution in [0.1, 0.15) is 48.0 Å². The zero-order valence-corrected chi connectivity index (χ0v) is 10.7. The van der Waals surface area contributed by atoms with Gasteiger partial charge in [-0.2, -0.15) is 0 Å². The van der Waals surface area contributed by atoms with E-state index in [2.05, 4.69) is 46.4 Å². The highest BCUT2D eigenvalue weighted by molar-refractivity contribution is 4.77. The second-order valence-electron chi connectivity index (χ2n) is 5.23. The Labute approximate surface area is 89.3 Å². The summed E-state index contributed by atoms with van der Waals surface area (Å²) in [5, 5.41) is 9.99. The van der Waals surface area contributed by atoms with Crippen molar-refractivity contribution in [2.24, 2.45) is 5.41 Å². The Bertz CT molecular complexity index is 151. The van der Waals surface area contributed by atoms with E-state index in [0.29, 0.717) is 6.04 Å². The lowest BCUT2D eigenvalue weighted by molar-refractivity contribution is 0.0190. The molecule has 0 spiro atoms. The van der Waals surface area contributed by atoms with Crippen molar-refractivity contribution in [3.8, 4) is 0 Å². The lowest BCUT2D eigenvalue weighted by atomic mass is 9.88. The monoisotopic (exact) mass is 201 g/mol. The topological polar surface area (TPSA) is 23.5 Å². The van der Waals surface area contributed by atoms with Gasteiger partial charge in [0.25, 0.3) is 0 Å². The summed E-state index contributed by atoms with van der Waals surface area (Å²) in [7, 11) is 0. The molecule has 2 unspecified atom stereocenters. The first-order valence-electron chi connectivity index (χ1n) is 5.75. The van der Waals surface area contributed by atoms with Crippen LogP contribution in [-0.4, -0.2) is 35.2 Å². The van der Waals surface area contributed by atoms with Crippen LogP contribution in [0.25, 0.3) is 0 Å². The molecule has 1 N–H and O–H groups in total. The van der Waals surface area contributed by atoms with Gasteiger partial charge in [-0.3, -0.25) is 4.90 Å². The van der Waals surface area contributed by atoms with E-state index in [1.165, 1.54) is 0 Å². The first-order chi connectivity index (χ1) is 6.32. The third-order valence-corrected chi connectivity index (χ3v) is 3.03. The summed E-state index contributed by atoms with van der Waals surface area (Å²) >= 11 is 0. The standard InChI is InChI=1S/C12H27NO/c1-7-10(3)13(8-2)9-11(14)12(4,5)6/h10-11,14H,7-9H2,1-6H3. The lowest BCUT2D eigenvalue weighted by Crippen LogP contribution is -2.43. The number of nitrogens with zero attached hydrogens (tertiary/aromatic N) is 1. The van der Waals surface area contributed by atoms with Crippen LogP contribution in [0.3, 0.4) is 0 Å². The number of likely N-dealkylation sites (N-methyl/N-ethyl adjacent to an activating group) is 1. The number of aliphatic hydroxyl groups excluding tert-OH is 1. The van der Waals surface area contributed by atoms with Gasteiger partial charge in [0.2, 0.25) is 0 Å². The van der Waals surface area contributed by atoms with Gasteiger partial charge in [-0.1, -0.05) is 34.6 Å². The molecule has 14 heavy (non-hydrogen) atoms. The molecule has 0 radical (unpaired) electrons. The Balaban J connectivity index is 4.18. The summed E-state index contributed by atoms with van der Waals surface area (Å²) in [4.78, 5) is 2.34. The molecule has 2 atom stereocenters. The molecule has 2 heteroatoms. The predicted molar refractivity (Wildman–Crippen MR) is 62.5 cm³/mol. The van der Waals surface area contributed by atoms with Gasteiger partial charge in [0.1, 0.15) is 0 Å². The highest BCUT2D eigenvalue weighted by Crippen LogP contribution is 2.20. The van der Waals surface area contributed by atoms with Crippen LogP contribution in [0, 0.1) is 5.41 Å². The molecule has 0 bridgehead atoms. The highest BCUT2D eigenvalue weighted by atomic mass is 16.3. The first kappa shape index (κ1) is 13.9. The maximum absolute atomic E-state index is 9.99. The van der Waals surface area contributed by atoms with E-state index in [1.54, 1.807) is 0 Å². The van der Waals surface area contributed by atoms with Crippen LogP contribution < -0.4 is 0 Å². The molecule has 2 nitrogen and oxygen atoms in total. The number of rotatable bonds is 5. The average molecular weight is 201 g/mol. The molecule has 0 saturated carbocycles. The summed E-state index contributed by atoms with van der Waals surface area (Å²) in [5.41, 5.74) is -0.0130. The van der Waals surface area contributed by atoms with Crippen LogP contribution in [-0.2, 0) is 0 Å². The third-order valence-electron chi connectivity index (χ3n) is 3.03. The van der Waals surface area contributed by atoms with Crippen molar-refractivity contribution in [1.29, 1.82) is 0 Å². The van der Waals surface area contributed by atoms with E-state index in [1.807, 2.05) is 0 Å². The second kappa shape index (κ2) is 5.72. The van der Waals surface area contributed by atoms with Gasteiger partial charge in [-0.25, -0.2) is 0 Å². The zero-order valence-electron chi connectivity index (χ0n) is 10.7. The Kier molecular flexibility index (Phi) is 5.68. The van der Waals surface area contributed by atoms with Crippen molar-refractivity contribution >= 4 is 0 Å². The quantitative estimate of drug-likeness (QED) is 0.739. The lowest BCUT2D eigenvalue weighted by Gasteiger charge is -2.34. The molecule has 0 aromatic carbocycles. The first-order valence-corrected chi connectivity index (χ1v) is 5.75. The summed E-state index contributed by atoms with van der Waals surface area (Å²) in [6.45, 7) is 14.6. The molecular weight excluding hydrogens is 174 g/mol. The third kappa shape index (κ3) is 4.43. The van der Waals surface area contributed by atoms with E-state index < -0.39 is 0 Å². The Morgan fingerprint density at radius 2 is 1.71 bits per heavy atom. The molecule has 0 rings (SSSR count). The van der Waals surface area contributed by atoms with Crippen LogP contribution in [0.5, 0.6) is 0 Å². The van der Waals surface area contributed by atoms with E-state index in [4.69, 9.17) is 0 Å². The minimum absolute atomic E-state index is 0.0130. The zero-order chi connectivity index (χ0) is 11.4. The maximum atomic E-state index is 9.99. The minimum Gasteiger partial charge on any atom is -0.391 e. The van der Waals surface area contributed by atoms with Gasteiger partial charge in [0, 0.05) is 12.6 Å². The van der Waals surface area contributed by atoms with Crippen molar-refractivity contribution in [2.45, 2.75) is 60.1 Å². The normalized spacial score (nSPS) is 17.1. The SMILES string of the molecule is CCC(C)N(CC)CC(O)C(C)(C)C. The molecule has 0 fully saturated rings. The minimum atomic E-state index is -0.239. The van der Waals surface area contributed by atoms with Crippen molar-refractivity contribution in [2.75, 3.05) is 13.1 Å². The number of hydrogen-bond donors (Lipinski definition) is 1. The Morgan fingerprint density at radius 3 is 2.00 bits per heavy atom. The number of hydrogen-bond acceptors (Lipinski definition) is 2. The van der Waals surface area contributed by atoms with Crippen LogP contribution >= 0.6 is 0 Å². The molecule has 86 valence electrons. The molecule has 0 aliphatic carbocycles. The van der Waals surface area contributed by atoms with Gasteiger partial charge in [-0.15, -0.1) is 0 Å². The van der Waals surface area contributed by atoms with Crippen molar-refractivity contribution in [3.63, 3.8) is 0 Å². The van der Waals surface area contributed by atoms with Crippen molar-refractivity contribution < 1.29 is 5.11 Å². The molecule has 0 aliphatic heterocycles. The summed E-state index contributed by atoms with van der Waals surface area (Å²) in [5.74, 6) is 0. The molecule has 0 aromatic heterocycles. The second-order valence-corrected chi connectivity index (χ2v) is 5.23. The average Bonchev–Trinajstić information content (AvgIpc) is 2.10. The summed E-state index contributed by atoms with van der Waals surface area (Å²) < 4.78 is 0. The van der Waals surface area contributed by atoms with Crippen molar-refractivity contribution in [1.82, 2.24) is 4.90 Å². The Morgan fingerprint density at radius 1 is 1.21 bits per heavy atom. The fourth-order valence-corrected chi connectivity index (χ4v) is 1.37. The fourth-order valence-electron chi connectivity index (χ4n) is 1.37.